The molecule has 1 aliphatic rings. The molecule has 156 valence electrons. The van der Waals surface area contributed by atoms with Crippen LogP contribution in [0, 0.1) is 0 Å². The molecule has 0 saturated heterocycles. The summed E-state index contributed by atoms with van der Waals surface area (Å²) in [5.74, 6) is -2.78. The summed E-state index contributed by atoms with van der Waals surface area (Å²) >= 11 is 0. The van der Waals surface area contributed by atoms with E-state index in [9.17, 15) is 19.2 Å². The number of aliphatic carboxylic acids is 1. The number of benzene rings is 2. The van der Waals surface area contributed by atoms with Crippen molar-refractivity contribution in [2.45, 2.75) is 25.6 Å². The van der Waals surface area contributed by atoms with Crippen LogP contribution < -0.4 is 10.5 Å². The van der Waals surface area contributed by atoms with Crippen molar-refractivity contribution in [3.63, 3.8) is 0 Å². The number of amides is 2. The number of primary amides is 1. The van der Waals surface area contributed by atoms with E-state index in [1.165, 1.54) is 23.1 Å². The van der Waals surface area contributed by atoms with Crippen LogP contribution in [-0.4, -0.2) is 46.4 Å². The van der Waals surface area contributed by atoms with Gasteiger partial charge in [-0.25, -0.2) is 4.79 Å². The average molecular weight is 412 g/mol. The van der Waals surface area contributed by atoms with E-state index in [2.05, 4.69) is 0 Å². The van der Waals surface area contributed by atoms with Crippen LogP contribution in [0.3, 0.4) is 0 Å². The molecule has 3 rings (SSSR count). The van der Waals surface area contributed by atoms with Crippen molar-refractivity contribution in [1.82, 2.24) is 4.90 Å². The Bertz CT molecular complexity index is 975. The van der Waals surface area contributed by atoms with E-state index in [-0.39, 0.29) is 25.3 Å². The number of carbonyl (C=O) groups excluding carboxylic acids is 3. The second-order valence-electron chi connectivity index (χ2n) is 6.70. The molecule has 0 aromatic heterocycles. The van der Waals surface area contributed by atoms with Gasteiger partial charge in [0.15, 0.2) is 6.61 Å². The van der Waals surface area contributed by atoms with Gasteiger partial charge in [0.25, 0.3) is 5.91 Å². The highest BCUT2D eigenvalue weighted by Gasteiger charge is 2.37. The molecule has 3 N–H and O–H groups in total. The maximum Gasteiger partial charge on any atom is 0.341 e. The lowest BCUT2D eigenvalue weighted by Gasteiger charge is -2.24. The third kappa shape index (κ3) is 4.93. The second-order valence-corrected chi connectivity index (χ2v) is 6.70. The van der Waals surface area contributed by atoms with Gasteiger partial charge >= 0.3 is 11.9 Å². The molecule has 0 aliphatic carbocycles. The molecule has 9 heteroatoms. The predicted octanol–water partition coefficient (Wildman–Crippen LogP) is 1.09. The van der Waals surface area contributed by atoms with Crippen LogP contribution in [0.5, 0.6) is 5.75 Å². The Balaban J connectivity index is 1.66. The predicted molar refractivity (Wildman–Crippen MR) is 103 cm³/mol. The number of rotatable bonds is 9. The number of nitrogens with two attached hydrogens (primary N) is 1. The van der Waals surface area contributed by atoms with Gasteiger partial charge in [-0.15, -0.1) is 0 Å². The molecule has 0 bridgehead atoms. The van der Waals surface area contributed by atoms with Crippen LogP contribution in [0.15, 0.2) is 48.5 Å². The van der Waals surface area contributed by atoms with Crippen LogP contribution in [0.4, 0.5) is 0 Å². The summed E-state index contributed by atoms with van der Waals surface area (Å²) in [6.45, 7) is -0.435. The average Bonchev–Trinajstić information content (AvgIpc) is 3.05. The summed E-state index contributed by atoms with van der Waals surface area (Å²) in [7, 11) is 0. The number of carboxylic acid groups (broad SMARTS) is 1. The fourth-order valence-electron chi connectivity index (χ4n) is 3.13. The monoisotopic (exact) mass is 412 g/mol. The number of fused-ring (bicyclic) bond motifs is 1. The number of carboxylic acids is 1. The molecule has 2 amide bonds. The zero-order chi connectivity index (χ0) is 21.7. The lowest BCUT2D eigenvalue weighted by molar-refractivity contribution is -0.148. The van der Waals surface area contributed by atoms with Crippen molar-refractivity contribution in [2.75, 3.05) is 6.61 Å². The van der Waals surface area contributed by atoms with Crippen molar-refractivity contribution < 1.29 is 33.8 Å². The topological polar surface area (TPSA) is 136 Å². The number of esters is 1. The minimum atomic E-state index is -1.17. The first kappa shape index (κ1) is 20.8. The smallest absolute Gasteiger partial charge is 0.341 e. The first-order chi connectivity index (χ1) is 14.3. The van der Waals surface area contributed by atoms with E-state index in [1.807, 2.05) is 18.2 Å². The van der Waals surface area contributed by atoms with Gasteiger partial charge in [0.1, 0.15) is 18.4 Å². The summed E-state index contributed by atoms with van der Waals surface area (Å²) in [4.78, 5) is 48.8. The maximum absolute atomic E-state index is 12.7. The third-order valence-electron chi connectivity index (χ3n) is 4.58. The van der Waals surface area contributed by atoms with Crippen LogP contribution in [0.2, 0.25) is 0 Å². The van der Waals surface area contributed by atoms with Crippen LogP contribution in [-0.2, 0) is 32.3 Å². The zero-order valence-electron chi connectivity index (χ0n) is 15.9. The number of hydrogen-bond acceptors (Lipinski definition) is 6. The van der Waals surface area contributed by atoms with Gasteiger partial charge in [0.2, 0.25) is 5.91 Å². The summed E-state index contributed by atoms with van der Waals surface area (Å²) in [6.07, 6.45) is -0.371. The first-order valence-electron chi connectivity index (χ1n) is 9.12. The molecule has 1 aliphatic heterocycles. The lowest BCUT2D eigenvalue weighted by Crippen LogP contribution is -2.46. The molecule has 9 nitrogen and oxygen atoms in total. The second kappa shape index (κ2) is 9.08. The van der Waals surface area contributed by atoms with Gasteiger partial charge in [-0.2, -0.15) is 0 Å². The molecule has 0 fully saturated rings. The number of nitrogens with zero attached hydrogens (tertiary/aromatic N) is 1. The zero-order valence-corrected chi connectivity index (χ0v) is 15.9. The molecule has 2 aromatic rings. The molecule has 2 aromatic carbocycles. The lowest BCUT2D eigenvalue weighted by atomic mass is 10.1. The van der Waals surface area contributed by atoms with E-state index >= 15 is 0 Å². The number of carbonyl (C=O) groups is 4. The number of ether oxygens (including phenoxy) is 2. The van der Waals surface area contributed by atoms with Crippen LogP contribution >= 0.6 is 0 Å². The van der Waals surface area contributed by atoms with Crippen molar-refractivity contribution in [3.8, 4) is 5.75 Å². The Hall–Kier alpha value is -3.88. The summed E-state index contributed by atoms with van der Waals surface area (Å²) in [5.41, 5.74) is 7.12. The van der Waals surface area contributed by atoms with Gasteiger partial charge in [-0.1, -0.05) is 30.3 Å². The standard InChI is InChI=1S/C21H20N2O7/c22-20(27)17(9-19(26)30-11-13-4-2-1-3-5-13)23-10-14-8-15(29-12-18(24)25)6-7-16(14)21(23)28/h1-8,17H,9-12H2,(H2,22,27)(H,24,25). The minimum absolute atomic E-state index is 0.0397. The molecule has 1 atom stereocenters. The fraction of sp³-hybridized carbons (Fsp3) is 0.238. The van der Waals surface area contributed by atoms with E-state index in [0.717, 1.165) is 5.56 Å². The first-order valence-corrected chi connectivity index (χ1v) is 9.12. The molecule has 0 radical (unpaired) electrons. The van der Waals surface area contributed by atoms with E-state index in [1.54, 1.807) is 12.1 Å². The highest BCUT2D eigenvalue weighted by atomic mass is 16.5. The Morgan fingerprint density at radius 3 is 2.53 bits per heavy atom. The molecule has 1 unspecified atom stereocenters. The van der Waals surface area contributed by atoms with Crippen LogP contribution in [0.1, 0.15) is 27.9 Å². The molecular weight excluding hydrogens is 392 g/mol. The van der Waals surface area contributed by atoms with Crippen molar-refractivity contribution in [3.05, 3.63) is 65.2 Å². The largest absolute Gasteiger partial charge is 0.482 e. The molecular formula is C21H20N2O7. The maximum atomic E-state index is 12.7. The van der Waals surface area contributed by atoms with Crippen molar-refractivity contribution in [2.24, 2.45) is 5.73 Å². The van der Waals surface area contributed by atoms with Gasteiger partial charge < -0.3 is 25.2 Å². The normalized spacial score (nSPS) is 13.5. The Morgan fingerprint density at radius 2 is 1.87 bits per heavy atom. The van der Waals surface area contributed by atoms with Gasteiger partial charge in [-0.3, -0.25) is 14.4 Å². The molecule has 0 saturated carbocycles. The number of hydrogen-bond donors (Lipinski definition) is 2. The summed E-state index contributed by atoms with van der Waals surface area (Å²) in [6, 6.07) is 12.4. The highest BCUT2D eigenvalue weighted by molar-refractivity contribution is 6.01. The Labute approximate surface area is 172 Å². The van der Waals surface area contributed by atoms with Crippen molar-refractivity contribution >= 4 is 23.8 Å². The van der Waals surface area contributed by atoms with E-state index in [0.29, 0.717) is 11.1 Å². The van der Waals surface area contributed by atoms with Gasteiger partial charge in [-0.05, 0) is 29.3 Å². The summed E-state index contributed by atoms with van der Waals surface area (Å²) in [5, 5.41) is 8.70. The van der Waals surface area contributed by atoms with E-state index < -0.39 is 36.4 Å². The van der Waals surface area contributed by atoms with Gasteiger partial charge in [0.05, 0.1) is 6.42 Å². The van der Waals surface area contributed by atoms with Crippen molar-refractivity contribution in [1.29, 1.82) is 0 Å². The van der Waals surface area contributed by atoms with Crippen LogP contribution in [0.25, 0.3) is 0 Å². The van der Waals surface area contributed by atoms with E-state index in [4.69, 9.17) is 20.3 Å². The highest BCUT2D eigenvalue weighted by Crippen LogP contribution is 2.29. The molecule has 30 heavy (non-hydrogen) atoms. The third-order valence-corrected chi connectivity index (χ3v) is 4.58. The molecule has 0 spiro atoms. The molecule has 1 heterocycles. The quantitative estimate of drug-likeness (QED) is 0.588. The Kier molecular flexibility index (Phi) is 6.31. The van der Waals surface area contributed by atoms with Gasteiger partial charge in [0, 0.05) is 12.1 Å². The SMILES string of the molecule is NC(=O)C(CC(=O)OCc1ccccc1)N1Cc2cc(OCC(=O)O)ccc2C1=O. The minimum Gasteiger partial charge on any atom is -0.482 e. The fourth-order valence-corrected chi connectivity index (χ4v) is 3.13. The Morgan fingerprint density at radius 1 is 1.13 bits per heavy atom. The summed E-state index contributed by atoms with van der Waals surface area (Å²) < 4.78 is 10.3.